The van der Waals surface area contributed by atoms with Gasteiger partial charge in [0.05, 0.1) is 7.11 Å². The summed E-state index contributed by atoms with van der Waals surface area (Å²) in [6, 6.07) is 3.48. The van der Waals surface area contributed by atoms with E-state index in [1.807, 2.05) is 6.92 Å². The second kappa shape index (κ2) is 8.08. The van der Waals surface area contributed by atoms with Gasteiger partial charge in [-0.25, -0.2) is 9.18 Å². The highest BCUT2D eigenvalue weighted by Gasteiger charge is 2.13. The molecular formula is C14H19FN2O4. The molecule has 7 heteroatoms. The quantitative estimate of drug-likeness (QED) is 0.721. The van der Waals surface area contributed by atoms with Gasteiger partial charge in [0.25, 0.3) is 0 Å². The van der Waals surface area contributed by atoms with Crippen molar-refractivity contribution in [1.29, 1.82) is 0 Å². The Balaban J connectivity index is 2.51. The predicted octanol–water partition coefficient (Wildman–Crippen LogP) is 2.46. The summed E-state index contributed by atoms with van der Waals surface area (Å²) in [6.45, 7) is 2.12. The van der Waals surface area contributed by atoms with Crippen LogP contribution in [-0.4, -0.2) is 30.8 Å². The zero-order valence-electron chi connectivity index (χ0n) is 12.0. The molecule has 116 valence electrons. The Bertz CT molecular complexity index is 508. The van der Waals surface area contributed by atoms with Crippen LogP contribution in [0.1, 0.15) is 19.8 Å². The van der Waals surface area contributed by atoms with Crippen molar-refractivity contribution < 1.29 is 23.8 Å². The number of rotatable bonds is 7. The molecule has 0 aliphatic heterocycles. The second-order valence-corrected chi connectivity index (χ2v) is 4.56. The normalized spacial score (nSPS) is 11.6. The highest BCUT2D eigenvalue weighted by atomic mass is 19.1. The molecule has 0 aliphatic carbocycles. The van der Waals surface area contributed by atoms with E-state index in [-0.39, 0.29) is 24.6 Å². The minimum Gasteiger partial charge on any atom is -0.494 e. The number of aliphatic carboxylic acids is 1. The van der Waals surface area contributed by atoms with E-state index in [2.05, 4.69) is 10.6 Å². The molecule has 0 saturated carbocycles. The fourth-order valence-corrected chi connectivity index (χ4v) is 1.76. The lowest BCUT2D eigenvalue weighted by Crippen LogP contribution is -2.33. The minimum atomic E-state index is -0.896. The summed E-state index contributed by atoms with van der Waals surface area (Å²) in [5, 5.41) is 13.8. The van der Waals surface area contributed by atoms with E-state index >= 15 is 0 Å². The Morgan fingerprint density at radius 2 is 2.14 bits per heavy atom. The standard InChI is InChI=1S/C14H19FN2O4/c1-3-9(6-13(18)19)8-16-14(20)17-10-4-5-11(15)12(7-10)21-2/h4-5,7,9H,3,6,8H2,1-2H3,(H,18,19)(H2,16,17,20). The number of benzene rings is 1. The predicted molar refractivity (Wildman–Crippen MR) is 76.0 cm³/mol. The molecule has 0 aliphatic rings. The fourth-order valence-electron chi connectivity index (χ4n) is 1.76. The summed E-state index contributed by atoms with van der Waals surface area (Å²) in [5.74, 6) is -1.51. The average Bonchev–Trinajstić information content (AvgIpc) is 2.45. The van der Waals surface area contributed by atoms with E-state index in [1.165, 1.54) is 25.3 Å². The van der Waals surface area contributed by atoms with Gasteiger partial charge in [-0.1, -0.05) is 13.3 Å². The number of carboxylic acids is 1. The van der Waals surface area contributed by atoms with Gasteiger partial charge < -0.3 is 20.5 Å². The summed E-state index contributed by atoms with van der Waals surface area (Å²) in [6.07, 6.45) is 0.651. The molecule has 6 nitrogen and oxygen atoms in total. The zero-order valence-corrected chi connectivity index (χ0v) is 12.0. The van der Waals surface area contributed by atoms with Crippen molar-refractivity contribution >= 4 is 17.7 Å². The molecule has 0 saturated heterocycles. The number of ether oxygens (including phenoxy) is 1. The van der Waals surface area contributed by atoms with E-state index in [1.54, 1.807) is 0 Å². The molecule has 1 rings (SSSR count). The molecule has 0 bridgehead atoms. The van der Waals surface area contributed by atoms with Crippen molar-refractivity contribution in [3.8, 4) is 5.75 Å². The fraction of sp³-hybridized carbons (Fsp3) is 0.429. The number of hydrogen-bond acceptors (Lipinski definition) is 3. The van der Waals surface area contributed by atoms with E-state index in [4.69, 9.17) is 9.84 Å². The van der Waals surface area contributed by atoms with Gasteiger partial charge in [-0.15, -0.1) is 0 Å². The van der Waals surface area contributed by atoms with Gasteiger partial charge in [0, 0.05) is 24.7 Å². The molecule has 0 spiro atoms. The van der Waals surface area contributed by atoms with Crippen LogP contribution in [0.5, 0.6) is 5.75 Å². The molecule has 21 heavy (non-hydrogen) atoms. The van der Waals surface area contributed by atoms with Gasteiger partial charge >= 0.3 is 12.0 Å². The lowest BCUT2D eigenvalue weighted by atomic mass is 10.0. The molecule has 0 aromatic heterocycles. The maximum absolute atomic E-state index is 13.2. The number of methoxy groups -OCH3 is 1. The van der Waals surface area contributed by atoms with Gasteiger partial charge in [0.2, 0.25) is 0 Å². The Morgan fingerprint density at radius 3 is 2.71 bits per heavy atom. The topological polar surface area (TPSA) is 87.7 Å². The first-order chi connectivity index (χ1) is 9.96. The van der Waals surface area contributed by atoms with E-state index < -0.39 is 17.8 Å². The maximum atomic E-state index is 13.2. The van der Waals surface area contributed by atoms with Crippen molar-refractivity contribution in [1.82, 2.24) is 5.32 Å². The van der Waals surface area contributed by atoms with Crippen molar-refractivity contribution in [3.63, 3.8) is 0 Å². The summed E-state index contributed by atoms with van der Waals surface area (Å²) in [5.41, 5.74) is 0.386. The van der Waals surface area contributed by atoms with Crippen molar-refractivity contribution in [2.75, 3.05) is 19.0 Å². The number of carboxylic acid groups (broad SMARTS) is 1. The molecule has 3 N–H and O–H groups in total. The van der Waals surface area contributed by atoms with Crippen LogP contribution in [0.3, 0.4) is 0 Å². The average molecular weight is 298 g/mol. The summed E-state index contributed by atoms with van der Waals surface area (Å²) >= 11 is 0. The molecule has 0 radical (unpaired) electrons. The molecule has 0 fully saturated rings. The van der Waals surface area contributed by atoms with Crippen LogP contribution in [0.2, 0.25) is 0 Å². The maximum Gasteiger partial charge on any atom is 0.319 e. The van der Waals surface area contributed by atoms with Gasteiger partial charge in [-0.3, -0.25) is 4.79 Å². The first-order valence-corrected chi connectivity index (χ1v) is 6.56. The third kappa shape index (κ3) is 5.68. The van der Waals surface area contributed by atoms with Crippen LogP contribution >= 0.6 is 0 Å². The molecule has 1 aromatic carbocycles. The van der Waals surface area contributed by atoms with Crippen LogP contribution in [0.4, 0.5) is 14.9 Å². The summed E-state index contributed by atoms with van der Waals surface area (Å²) in [4.78, 5) is 22.3. The van der Waals surface area contributed by atoms with Crippen LogP contribution in [0.25, 0.3) is 0 Å². The lowest BCUT2D eigenvalue weighted by molar-refractivity contribution is -0.138. The van der Waals surface area contributed by atoms with Crippen LogP contribution in [-0.2, 0) is 4.79 Å². The highest BCUT2D eigenvalue weighted by molar-refractivity contribution is 5.89. The van der Waals surface area contributed by atoms with Crippen LogP contribution in [0.15, 0.2) is 18.2 Å². The SMILES string of the molecule is CCC(CNC(=O)Nc1ccc(F)c(OC)c1)CC(=O)O. The second-order valence-electron chi connectivity index (χ2n) is 4.56. The molecule has 1 aromatic rings. The van der Waals surface area contributed by atoms with Crippen LogP contribution in [0, 0.1) is 11.7 Å². The van der Waals surface area contributed by atoms with Gasteiger partial charge in [-0.05, 0) is 18.1 Å². The van der Waals surface area contributed by atoms with E-state index in [0.29, 0.717) is 12.1 Å². The van der Waals surface area contributed by atoms with Gasteiger partial charge in [0.1, 0.15) is 0 Å². The minimum absolute atomic E-state index is 0.00114. The number of urea groups is 1. The Kier molecular flexibility index (Phi) is 6.45. The molecule has 0 heterocycles. The Morgan fingerprint density at radius 1 is 1.43 bits per heavy atom. The number of anilines is 1. The van der Waals surface area contributed by atoms with Crippen molar-refractivity contribution in [2.24, 2.45) is 5.92 Å². The lowest BCUT2D eigenvalue weighted by Gasteiger charge is -2.14. The monoisotopic (exact) mass is 298 g/mol. The first kappa shape index (κ1) is 16.7. The van der Waals surface area contributed by atoms with Gasteiger partial charge in [-0.2, -0.15) is 0 Å². The molecular weight excluding hydrogens is 279 g/mol. The Hall–Kier alpha value is -2.31. The molecule has 1 unspecified atom stereocenters. The number of carbonyl (C=O) groups is 2. The molecule has 1 atom stereocenters. The number of halogens is 1. The summed E-state index contributed by atoms with van der Waals surface area (Å²) < 4.78 is 18.0. The van der Waals surface area contributed by atoms with Crippen LogP contribution < -0.4 is 15.4 Å². The van der Waals surface area contributed by atoms with E-state index in [9.17, 15) is 14.0 Å². The number of carbonyl (C=O) groups excluding carboxylic acids is 1. The number of hydrogen-bond donors (Lipinski definition) is 3. The number of nitrogens with one attached hydrogen (secondary N) is 2. The molecule has 2 amide bonds. The zero-order chi connectivity index (χ0) is 15.8. The number of amides is 2. The van der Waals surface area contributed by atoms with Crippen molar-refractivity contribution in [2.45, 2.75) is 19.8 Å². The third-order valence-corrected chi connectivity index (χ3v) is 3.00. The highest BCUT2D eigenvalue weighted by Crippen LogP contribution is 2.21. The summed E-state index contributed by atoms with van der Waals surface area (Å²) in [7, 11) is 1.33. The first-order valence-electron chi connectivity index (χ1n) is 6.56. The Labute approximate surface area is 122 Å². The smallest absolute Gasteiger partial charge is 0.319 e. The van der Waals surface area contributed by atoms with Gasteiger partial charge in [0.15, 0.2) is 11.6 Å². The van der Waals surface area contributed by atoms with Crippen molar-refractivity contribution in [3.05, 3.63) is 24.0 Å². The third-order valence-electron chi connectivity index (χ3n) is 3.00. The van der Waals surface area contributed by atoms with E-state index in [0.717, 1.165) is 0 Å². The largest absolute Gasteiger partial charge is 0.494 e.